The van der Waals surface area contributed by atoms with E-state index in [-0.39, 0.29) is 0 Å². The van der Waals surface area contributed by atoms with Crippen LogP contribution in [0, 0.1) is 11.8 Å². The predicted octanol–water partition coefficient (Wildman–Crippen LogP) is 2.62. The van der Waals surface area contributed by atoms with E-state index in [9.17, 15) is 0 Å². The van der Waals surface area contributed by atoms with Gasteiger partial charge >= 0.3 is 0 Å². The highest BCUT2D eigenvalue weighted by Crippen LogP contribution is 2.29. The molecule has 2 nitrogen and oxygen atoms in total. The molecule has 2 N–H and O–H groups in total. The summed E-state index contributed by atoms with van der Waals surface area (Å²) in [6.07, 6.45) is 8.33. The van der Waals surface area contributed by atoms with E-state index < -0.39 is 0 Å². The molecule has 0 aromatic heterocycles. The lowest BCUT2D eigenvalue weighted by molar-refractivity contribution is 0.179. The van der Waals surface area contributed by atoms with Gasteiger partial charge in [-0.05, 0) is 44.1 Å². The largest absolute Gasteiger partial charge is 0.326 e. The Labute approximate surface area is 101 Å². The molecule has 2 atom stereocenters. The van der Waals surface area contributed by atoms with E-state index in [1.807, 2.05) is 0 Å². The van der Waals surface area contributed by atoms with Gasteiger partial charge in [0.2, 0.25) is 0 Å². The van der Waals surface area contributed by atoms with Gasteiger partial charge in [0.05, 0.1) is 0 Å². The third-order valence-corrected chi connectivity index (χ3v) is 4.63. The smallest absolute Gasteiger partial charge is 0.0196 e. The second-order valence-corrected chi connectivity index (χ2v) is 6.16. The molecule has 0 bridgehead atoms. The Bertz CT molecular complexity index is 209. The fraction of sp³-hybridized carbons (Fsp3) is 1.00. The van der Waals surface area contributed by atoms with Crippen LogP contribution in [0.2, 0.25) is 0 Å². The molecule has 1 aliphatic heterocycles. The third-order valence-electron chi connectivity index (χ3n) is 4.63. The van der Waals surface area contributed by atoms with E-state index >= 15 is 0 Å². The Hall–Kier alpha value is -0.0800. The van der Waals surface area contributed by atoms with E-state index in [4.69, 9.17) is 5.73 Å². The van der Waals surface area contributed by atoms with Crippen LogP contribution in [0.3, 0.4) is 0 Å². The second kappa shape index (κ2) is 5.50. The maximum Gasteiger partial charge on any atom is 0.0196 e. The summed E-state index contributed by atoms with van der Waals surface area (Å²) in [5.41, 5.74) is 6.38. The third kappa shape index (κ3) is 2.78. The van der Waals surface area contributed by atoms with E-state index in [1.165, 1.54) is 45.1 Å². The number of hydrogen-bond donors (Lipinski definition) is 1. The molecule has 1 saturated heterocycles. The summed E-state index contributed by atoms with van der Waals surface area (Å²) in [6, 6.07) is 1.23. The molecule has 0 aromatic carbocycles. The van der Waals surface area contributed by atoms with E-state index in [2.05, 4.69) is 18.7 Å². The Morgan fingerprint density at radius 2 is 1.81 bits per heavy atom. The van der Waals surface area contributed by atoms with Crippen molar-refractivity contribution in [3.63, 3.8) is 0 Å². The first-order valence-electron chi connectivity index (χ1n) is 7.18. The van der Waals surface area contributed by atoms with Gasteiger partial charge in [0.15, 0.2) is 0 Å². The number of likely N-dealkylation sites (tertiary alicyclic amines) is 1. The van der Waals surface area contributed by atoms with Gasteiger partial charge in [0.1, 0.15) is 0 Å². The first-order valence-corrected chi connectivity index (χ1v) is 7.18. The van der Waals surface area contributed by atoms with E-state index in [1.54, 1.807) is 0 Å². The Kier molecular flexibility index (Phi) is 4.26. The zero-order chi connectivity index (χ0) is 11.5. The summed E-state index contributed by atoms with van der Waals surface area (Å²) in [4.78, 5) is 2.66. The standard InChI is InChI=1S/C14H28N2/c1-11(2)14-8-5-9-16(14)10-13(15)12-6-3-4-7-12/h11-14H,3-10,15H2,1-2H3. The zero-order valence-electron chi connectivity index (χ0n) is 11.0. The Morgan fingerprint density at radius 1 is 1.12 bits per heavy atom. The molecular weight excluding hydrogens is 196 g/mol. The van der Waals surface area contributed by atoms with Crippen LogP contribution in [0.25, 0.3) is 0 Å². The highest BCUT2D eigenvalue weighted by Gasteiger charge is 2.30. The summed E-state index contributed by atoms with van der Waals surface area (Å²) in [5.74, 6) is 1.60. The fourth-order valence-electron chi connectivity index (χ4n) is 3.64. The van der Waals surface area contributed by atoms with Gasteiger partial charge in [-0.1, -0.05) is 26.7 Å². The average Bonchev–Trinajstić information content (AvgIpc) is 2.86. The normalized spacial score (nSPS) is 30.4. The Morgan fingerprint density at radius 3 is 2.44 bits per heavy atom. The first kappa shape index (κ1) is 12.4. The second-order valence-electron chi connectivity index (χ2n) is 6.16. The highest BCUT2D eigenvalue weighted by molar-refractivity contribution is 4.87. The number of nitrogens with zero attached hydrogens (tertiary/aromatic N) is 1. The number of hydrogen-bond acceptors (Lipinski definition) is 2. The maximum atomic E-state index is 6.38. The average molecular weight is 224 g/mol. The molecule has 2 unspecified atom stereocenters. The molecular formula is C14H28N2. The first-order chi connectivity index (χ1) is 7.68. The van der Waals surface area contributed by atoms with Crippen molar-refractivity contribution >= 4 is 0 Å². The van der Waals surface area contributed by atoms with Crippen molar-refractivity contribution in [2.45, 2.75) is 64.5 Å². The SMILES string of the molecule is CC(C)C1CCCN1CC(N)C1CCCC1. The summed E-state index contributed by atoms with van der Waals surface area (Å²) in [6.45, 7) is 7.13. The summed E-state index contributed by atoms with van der Waals surface area (Å²) in [5, 5.41) is 0. The maximum absolute atomic E-state index is 6.38. The van der Waals surface area contributed by atoms with E-state index in [0.29, 0.717) is 6.04 Å². The highest BCUT2D eigenvalue weighted by atomic mass is 15.2. The van der Waals surface area contributed by atoms with Gasteiger partial charge < -0.3 is 5.73 Å². The monoisotopic (exact) mass is 224 g/mol. The van der Waals surface area contributed by atoms with Crippen LogP contribution in [0.1, 0.15) is 52.4 Å². The molecule has 2 fully saturated rings. The van der Waals surface area contributed by atoms with Crippen molar-refractivity contribution in [2.75, 3.05) is 13.1 Å². The van der Waals surface area contributed by atoms with Crippen LogP contribution in [-0.4, -0.2) is 30.1 Å². The lowest BCUT2D eigenvalue weighted by Crippen LogP contribution is -2.45. The van der Waals surface area contributed by atoms with Crippen molar-refractivity contribution in [2.24, 2.45) is 17.6 Å². The summed E-state index contributed by atoms with van der Waals surface area (Å²) < 4.78 is 0. The van der Waals surface area contributed by atoms with Crippen molar-refractivity contribution in [3.05, 3.63) is 0 Å². The molecule has 0 aromatic rings. The number of nitrogens with two attached hydrogens (primary N) is 1. The van der Waals surface area contributed by atoms with Crippen LogP contribution in [0.5, 0.6) is 0 Å². The van der Waals surface area contributed by atoms with Crippen molar-refractivity contribution in [1.29, 1.82) is 0 Å². The lowest BCUT2D eigenvalue weighted by atomic mass is 9.97. The van der Waals surface area contributed by atoms with Crippen LogP contribution >= 0.6 is 0 Å². The minimum atomic E-state index is 0.432. The van der Waals surface area contributed by atoms with Crippen LogP contribution in [0.15, 0.2) is 0 Å². The Balaban J connectivity index is 1.83. The van der Waals surface area contributed by atoms with Gasteiger partial charge in [0.25, 0.3) is 0 Å². The summed E-state index contributed by atoms with van der Waals surface area (Å²) in [7, 11) is 0. The molecule has 94 valence electrons. The molecule has 1 saturated carbocycles. The summed E-state index contributed by atoms with van der Waals surface area (Å²) >= 11 is 0. The van der Waals surface area contributed by atoms with Crippen molar-refractivity contribution in [3.8, 4) is 0 Å². The molecule has 1 heterocycles. The molecule has 2 aliphatic rings. The number of rotatable bonds is 4. The molecule has 0 spiro atoms. The van der Waals surface area contributed by atoms with E-state index in [0.717, 1.165) is 24.4 Å². The zero-order valence-corrected chi connectivity index (χ0v) is 11.0. The van der Waals surface area contributed by atoms with Gasteiger partial charge in [-0.3, -0.25) is 4.90 Å². The lowest BCUT2D eigenvalue weighted by Gasteiger charge is -2.31. The van der Waals surface area contributed by atoms with Crippen LogP contribution in [-0.2, 0) is 0 Å². The molecule has 16 heavy (non-hydrogen) atoms. The minimum absolute atomic E-state index is 0.432. The molecule has 1 aliphatic carbocycles. The van der Waals surface area contributed by atoms with Crippen molar-refractivity contribution < 1.29 is 0 Å². The van der Waals surface area contributed by atoms with Gasteiger partial charge in [-0.15, -0.1) is 0 Å². The van der Waals surface area contributed by atoms with Gasteiger partial charge in [-0.2, -0.15) is 0 Å². The fourth-order valence-corrected chi connectivity index (χ4v) is 3.64. The topological polar surface area (TPSA) is 29.3 Å². The van der Waals surface area contributed by atoms with Gasteiger partial charge in [-0.25, -0.2) is 0 Å². The predicted molar refractivity (Wildman–Crippen MR) is 69.4 cm³/mol. The van der Waals surface area contributed by atoms with Crippen LogP contribution in [0.4, 0.5) is 0 Å². The quantitative estimate of drug-likeness (QED) is 0.795. The van der Waals surface area contributed by atoms with Crippen molar-refractivity contribution in [1.82, 2.24) is 4.90 Å². The molecule has 2 rings (SSSR count). The minimum Gasteiger partial charge on any atom is -0.326 e. The van der Waals surface area contributed by atoms with Crippen LogP contribution < -0.4 is 5.73 Å². The molecule has 2 heteroatoms. The molecule has 0 amide bonds. The van der Waals surface area contributed by atoms with Gasteiger partial charge in [0, 0.05) is 18.6 Å². The molecule has 0 radical (unpaired) electrons.